The summed E-state index contributed by atoms with van der Waals surface area (Å²) in [6.45, 7) is 2.65. The monoisotopic (exact) mass is 141 g/mol. The average molecular weight is 142 g/mol. The maximum Gasteiger partial charge on any atom is 0.0797 e. The third kappa shape index (κ3) is 6.54. The smallest absolute Gasteiger partial charge is 0.0797 e. The van der Waals surface area contributed by atoms with E-state index in [1.54, 1.807) is 0 Å². The molecule has 0 aromatic heterocycles. The molecule has 7 heavy (non-hydrogen) atoms. The lowest BCUT2D eigenvalue weighted by Gasteiger charge is -2.00. The quantitative estimate of drug-likeness (QED) is 0.463. The molecule has 0 radical (unpaired) electrons. The second kappa shape index (κ2) is 4.69. The van der Waals surface area contributed by atoms with Gasteiger partial charge in [-0.2, -0.15) is 0 Å². The van der Waals surface area contributed by atoms with Crippen LogP contribution in [0.25, 0.3) is 0 Å². The van der Waals surface area contributed by atoms with Crippen molar-refractivity contribution in [3.05, 3.63) is 0 Å². The van der Waals surface area contributed by atoms with Crippen LogP contribution >= 0.6 is 23.2 Å². The van der Waals surface area contributed by atoms with Gasteiger partial charge in [0.15, 0.2) is 0 Å². The summed E-state index contributed by atoms with van der Waals surface area (Å²) < 4.78 is 0. The molecule has 0 heterocycles. The predicted octanol–water partition coefficient (Wildman–Crippen LogP) is 1.40. The number of hydrogen-bond acceptors (Lipinski definition) is 1. The van der Waals surface area contributed by atoms with E-state index in [2.05, 4.69) is 5.32 Å². The van der Waals surface area contributed by atoms with E-state index in [-0.39, 0.29) is 5.50 Å². The summed E-state index contributed by atoms with van der Waals surface area (Å²) in [6, 6.07) is 0. The molecule has 0 aliphatic carbocycles. The molecule has 0 aliphatic rings. The Morgan fingerprint density at radius 3 is 2.43 bits per heavy atom. The zero-order chi connectivity index (χ0) is 5.70. The Bertz CT molecular complexity index is 38.7. The van der Waals surface area contributed by atoms with Crippen molar-refractivity contribution >= 4 is 23.2 Å². The van der Waals surface area contributed by atoms with Crippen LogP contribution in [0.15, 0.2) is 0 Å². The summed E-state index contributed by atoms with van der Waals surface area (Å²) in [5, 5.41) is 2.93. The van der Waals surface area contributed by atoms with Gasteiger partial charge in [0.05, 0.1) is 5.50 Å². The first-order valence-electron chi connectivity index (χ1n) is 2.21. The normalized spacial score (nSPS) is 14.1. The van der Waals surface area contributed by atoms with Crippen LogP contribution in [0.2, 0.25) is 0 Å². The molecule has 1 atom stereocenters. The lowest BCUT2D eigenvalue weighted by Crippen LogP contribution is -2.22. The maximum absolute atomic E-state index is 5.49. The molecule has 1 N–H and O–H groups in total. The van der Waals surface area contributed by atoms with Crippen LogP contribution in [0.1, 0.15) is 6.92 Å². The van der Waals surface area contributed by atoms with Gasteiger partial charge >= 0.3 is 0 Å². The zero-order valence-corrected chi connectivity index (χ0v) is 5.76. The molecule has 0 saturated heterocycles. The molecule has 0 aromatic rings. The van der Waals surface area contributed by atoms with Crippen LogP contribution in [-0.4, -0.2) is 17.9 Å². The molecule has 0 fully saturated rings. The third-order valence-corrected chi connectivity index (χ3v) is 0.863. The molecule has 0 amide bonds. The van der Waals surface area contributed by atoms with Gasteiger partial charge in [-0.25, -0.2) is 0 Å². The molecule has 0 aromatic carbocycles. The Kier molecular flexibility index (Phi) is 5.05. The van der Waals surface area contributed by atoms with Crippen molar-refractivity contribution in [3.63, 3.8) is 0 Å². The fourth-order valence-corrected chi connectivity index (χ4v) is 0.472. The molecule has 0 bridgehead atoms. The van der Waals surface area contributed by atoms with Crippen molar-refractivity contribution < 1.29 is 0 Å². The molecular weight excluding hydrogens is 133 g/mol. The maximum atomic E-state index is 5.49. The summed E-state index contributed by atoms with van der Waals surface area (Å²) >= 11 is 10.8. The van der Waals surface area contributed by atoms with E-state index in [1.807, 2.05) is 6.92 Å². The fourth-order valence-electron chi connectivity index (χ4n) is 0.253. The highest BCUT2D eigenvalue weighted by Gasteiger charge is 1.88. The minimum absolute atomic E-state index is 0.0405. The van der Waals surface area contributed by atoms with Crippen molar-refractivity contribution in [2.45, 2.75) is 12.4 Å². The Hall–Kier alpha value is 0.540. The van der Waals surface area contributed by atoms with Gasteiger partial charge in [-0.05, 0) is 6.92 Å². The van der Waals surface area contributed by atoms with E-state index in [0.717, 1.165) is 6.54 Å². The van der Waals surface area contributed by atoms with E-state index in [0.29, 0.717) is 5.88 Å². The molecule has 1 nitrogen and oxygen atoms in total. The van der Waals surface area contributed by atoms with Gasteiger partial charge in [-0.1, -0.05) is 0 Å². The first-order chi connectivity index (χ1) is 3.27. The van der Waals surface area contributed by atoms with Gasteiger partial charge in [0.25, 0.3) is 0 Å². The topological polar surface area (TPSA) is 12.0 Å². The molecule has 0 rings (SSSR count). The molecule has 3 heteroatoms. The Labute approximate surface area is 54.0 Å². The van der Waals surface area contributed by atoms with Crippen LogP contribution in [0, 0.1) is 0 Å². The first kappa shape index (κ1) is 7.54. The first-order valence-corrected chi connectivity index (χ1v) is 3.18. The van der Waals surface area contributed by atoms with Gasteiger partial charge in [-0.3, -0.25) is 0 Å². The van der Waals surface area contributed by atoms with Crippen LogP contribution < -0.4 is 5.32 Å². The van der Waals surface area contributed by atoms with Crippen molar-refractivity contribution in [2.75, 3.05) is 12.4 Å². The highest BCUT2D eigenvalue weighted by molar-refractivity contribution is 6.20. The van der Waals surface area contributed by atoms with Crippen molar-refractivity contribution in [3.8, 4) is 0 Å². The fraction of sp³-hybridized carbons (Fsp3) is 1.00. The number of nitrogens with one attached hydrogen (secondary N) is 1. The van der Waals surface area contributed by atoms with Crippen LogP contribution in [0.3, 0.4) is 0 Å². The van der Waals surface area contributed by atoms with E-state index < -0.39 is 0 Å². The average Bonchev–Trinajstić information content (AvgIpc) is 1.61. The molecule has 1 unspecified atom stereocenters. The minimum Gasteiger partial charge on any atom is -0.300 e. The standard InChI is InChI=1S/C4H9Cl2N/c1-4(6)7-3-2-5/h4,7H,2-3H2,1H3. The van der Waals surface area contributed by atoms with Gasteiger partial charge in [0.1, 0.15) is 0 Å². The highest BCUT2D eigenvalue weighted by atomic mass is 35.5. The van der Waals surface area contributed by atoms with Crippen molar-refractivity contribution in [1.29, 1.82) is 0 Å². The Morgan fingerprint density at radius 1 is 1.71 bits per heavy atom. The molecule has 0 aliphatic heterocycles. The SMILES string of the molecule is CC(Cl)NCCCl. The molecule has 0 spiro atoms. The van der Waals surface area contributed by atoms with Gasteiger partial charge in [-0.15, -0.1) is 23.2 Å². The van der Waals surface area contributed by atoms with Gasteiger partial charge in [0, 0.05) is 12.4 Å². The minimum atomic E-state index is 0.0405. The summed E-state index contributed by atoms with van der Waals surface area (Å²) in [5.74, 6) is 0.622. The molecule has 44 valence electrons. The van der Waals surface area contributed by atoms with Crippen LogP contribution in [-0.2, 0) is 0 Å². The Morgan fingerprint density at radius 2 is 2.29 bits per heavy atom. The third-order valence-electron chi connectivity index (χ3n) is 0.520. The van der Waals surface area contributed by atoms with Crippen molar-refractivity contribution in [1.82, 2.24) is 5.32 Å². The number of rotatable bonds is 3. The van der Waals surface area contributed by atoms with E-state index in [1.165, 1.54) is 0 Å². The number of hydrogen-bond donors (Lipinski definition) is 1. The van der Waals surface area contributed by atoms with E-state index in [4.69, 9.17) is 23.2 Å². The predicted molar refractivity (Wildman–Crippen MR) is 34.0 cm³/mol. The molecular formula is C4H9Cl2N. The zero-order valence-electron chi connectivity index (χ0n) is 4.25. The second-order valence-electron chi connectivity index (χ2n) is 1.26. The van der Waals surface area contributed by atoms with Gasteiger partial charge in [0.2, 0.25) is 0 Å². The van der Waals surface area contributed by atoms with Crippen molar-refractivity contribution in [2.24, 2.45) is 0 Å². The van der Waals surface area contributed by atoms with Crippen LogP contribution in [0.4, 0.5) is 0 Å². The Balaban J connectivity index is 2.68. The molecule has 0 saturated carbocycles. The summed E-state index contributed by atoms with van der Waals surface area (Å²) in [4.78, 5) is 0. The van der Waals surface area contributed by atoms with Gasteiger partial charge < -0.3 is 5.32 Å². The lowest BCUT2D eigenvalue weighted by molar-refractivity contribution is 0.715. The van der Waals surface area contributed by atoms with Crippen LogP contribution in [0.5, 0.6) is 0 Å². The second-order valence-corrected chi connectivity index (χ2v) is 2.29. The largest absolute Gasteiger partial charge is 0.300 e. The van der Waals surface area contributed by atoms with E-state index >= 15 is 0 Å². The lowest BCUT2D eigenvalue weighted by atomic mass is 10.6. The summed E-state index contributed by atoms with van der Waals surface area (Å²) in [5.41, 5.74) is 0.0405. The number of halogens is 2. The highest BCUT2D eigenvalue weighted by Crippen LogP contribution is 1.84. The number of alkyl halides is 2. The van der Waals surface area contributed by atoms with E-state index in [9.17, 15) is 0 Å². The summed E-state index contributed by atoms with van der Waals surface area (Å²) in [6.07, 6.45) is 0. The summed E-state index contributed by atoms with van der Waals surface area (Å²) in [7, 11) is 0.